The van der Waals surface area contributed by atoms with Crippen LogP contribution in [0.5, 0.6) is 0 Å². The van der Waals surface area contributed by atoms with Gasteiger partial charge >= 0.3 is 6.09 Å². The van der Waals surface area contributed by atoms with E-state index in [1.54, 1.807) is 20.8 Å². The largest absolute Gasteiger partial charge is 0.444 e. The van der Waals surface area contributed by atoms with Gasteiger partial charge in [-0.2, -0.15) is 0 Å². The molecule has 2 N–H and O–H groups in total. The van der Waals surface area contributed by atoms with Crippen LogP contribution in [-0.4, -0.2) is 23.6 Å². The highest BCUT2D eigenvalue weighted by atomic mass is 16.6. The maximum absolute atomic E-state index is 12.4. The van der Waals surface area contributed by atoms with E-state index in [0.29, 0.717) is 6.54 Å². The first-order chi connectivity index (χ1) is 10.7. The molecule has 23 heavy (non-hydrogen) atoms. The third-order valence-electron chi connectivity index (χ3n) is 3.48. The van der Waals surface area contributed by atoms with Gasteiger partial charge in [0.05, 0.1) is 0 Å². The maximum atomic E-state index is 12.4. The molecule has 0 radical (unpaired) electrons. The lowest BCUT2D eigenvalue weighted by atomic mass is 9.98. The fourth-order valence-corrected chi connectivity index (χ4v) is 2.03. The topological polar surface area (TPSA) is 67.4 Å². The molecule has 0 saturated heterocycles. The number of carbonyl (C=O) groups is 2. The highest BCUT2D eigenvalue weighted by molar-refractivity contribution is 5.85. The van der Waals surface area contributed by atoms with Gasteiger partial charge in [0.2, 0.25) is 5.91 Å². The van der Waals surface area contributed by atoms with Crippen LogP contribution in [0, 0.1) is 5.92 Å². The molecule has 5 nitrogen and oxygen atoms in total. The lowest BCUT2D eigenvalue weighted by Gasteiger charge is -2.26. The van der Waals surface area contributed by atoms with Crippen LogP contribution < -0.4 is 10.6 Å². The number of nitrogens with one attached hydrogen (secondary N) is 2. The first-order valence-electron chi connectivity index (χ1n) is 8.04. The van der Waals surface area contributed by atoms with Crippen molar-refractivity contribution in [1.82, 2.24) is 10.6 Å². The van der Waals surface area contributed by atoms with Crippen molar-refractivity contribution in [2.75, 3.05) is 0 Å². The highest BCUT2D eigenvalue weighted by Crippen LogP contribution is 2.11. The molecule has 0 spiro atoms. The van der Waals surface area contributed by atoms with Crippen LogP contribution in [0.4, 0.5) is 4.79 Å². The van der Waals surface area contributed by atoms with Gasteiger partial charge in [-0.15, -0.1) is 0 Å². The Morgan fingerprint density at radius 1 is 1.17 bits per heavy atom. The zero-order chi connectivity index (χ0) is 17.5. The number of carbonyl (C=O) groups excluding carboxylic acids is 2. The average molecular weight is 320 g/mol. The third kappa shape index (κ3) is 7.17. The lowest BCUT2D eigenvalue weighted by molar-refractivity contribution is -0.124. The molecule has 0 heterocycles. The molecule has 1 rings (SSSR count). The molecule has 0 aliphatic carbocycles. The third-order valence-corrected chi connectivity index (χ3v) is 3.48. The molecule has 0 bridgehead atoms. The molecule has 1 aromatic rings. The van der Waals surface area contributed by atoms with Crippen molar-refractivity contribution >= 4 is 12.0 Å². The molecule has 128 valence electrons. The van der Waals surface area contributed by atoms with E-state index in [2.05, 4.69) is 10.6 Å². The number of hydrogen-bond donors (Lipinski definition) is 2. The SMILES string of the molecule is CCC(C)[C@H](NC(=O)OC(C)(C)C)C(=O)NCc1ccccc1. The van der Waals surface area contributed by atoms with E-state index in [9.17, 15) is 9.59 Å². The van der Waals surface area contributed by atoms with E-state index in [4.69, 9.17) is 4.74 Å². The van der Waals surface area contributed by atoms with E-state index in [0.717, 1.165) is 12.0 Å². The van der Waals surface area contributed by atoms with E-state index in [-0.39, 0.29) is 11.8 Å². The minimum Gasteiger partial charge on any atom is -0.444 e. The second-order valence-corrected chi connectivity index (χ2v) is 6.71. The number of ether oxygens (including phenoxy) is 1. The summed E-state index contributed by atoms with van der Waals surface area (Å²) in [6, 6.07) is 9.05. The minimum atomic E-state index is -0.612. The molecule has 2 amide bonds. The minimum absolute atomic E-state index is 0.0123. The molecule has 0 aromatic heterocycles. The first kappa shape index (κ1) is 19.0. The second-order valence-electron chi connectivity index (χ2n) is 6.71. The van der Waals surface area contributed by atoms with Crippen molar-refractivity contribution in [3.63, 3.8) is 0 Å². The Bertz CT molecular complexity index is 509. The summed E-state index contributed by atoms with van der Waals surface area (Å²) in [5.74, 6) is -0.188. The summed E-state index contributed by atoms with van der Waals surface area (Å²) < 4.78 is 5.25. The summed E-state index contributed by atoms with van der Waals surface area (Å²) in [5, 5.41) is 5.56. The standard InChI is InChI=1S/C18H28N2O3/c1-6-13(2)15(20-17(22)23-18(3,4)5)16(21)19-12-14-10-8-7-9-11-14/h7-11,13,15H,6,12H2,1-5H3,(H,19,21)(H,20,22)/t13?,15-/m0/s1. The highest BCUT2D eigenvalue weighted by Gasteiger charge is 2.27. The van der Waals surface area contributed by atoms with Gasteiger partial charge in [-0.05, 0) is 32.3 Å². The molecule has 0 aliphatic heterocycles. The van der Waals surface area contributed by atoms with Crippen LogP contribution in [0.1, 0.15) is 46.6 Å². The van der Waals surface area contributed by atoms with E-state index in [1.807, 2.05) is 44.2 Å². The van der Waals surface area contributed by atoms with Gasteiger partial charge in [0.15, 0.2) is 0 Å². The number of benzene rings is 1. The molecular formula is C18H28N2O3. The Morgan fingerprint density at radius 3 is 2.30 bits per heavy atom. The van der Waals surface area contributed by atoms with Crippen LogP contribution in [0.15, 0.2) is 30.3 Å². The molecule has 5 heteroatoms. The summed E-state index contributed by atoms with van der Waals surface area (Å²) in [5.41, 5.74) is 0.422. The number of amides is 2. The molecule has 1 aromatic carbocycles. The predicted molar refractivity (Wildman–Crippen MR) is 90.9 cm³/mol. The van der Waals surface area contributed by atoms with Crippen LogP contribution in [-0.2, 0) is 16.1 Å². The van der Waals surface area contributed by atoms with E-state index < -0.39 is 17.7 Å². The van der Waals surface area contributed by atoms with Crippen molar-refractivity contribution in [3.05, 3.63) is 35.9 Å². The Hall–Kier alpha value is -2.04. The van der Waals surface area contributed by atoms with E-state index >= 15 is 0 Å². The van der Waals surface area contributed by atoms with Crippen molar-refractivity contribution in [2.45, 2.75) is 59.2 Å². The van der Waals surface area contributed by atoms with Crippen molar-refractivity contribution in [3.8, 4) is 0 Å². The number of hydrogen-bond acceptors (Lipinski definition) is 3. The van der Waals surface area contributed by atoms with Crippen LogP contribution in [0.25, 0.3) is 0 Å². The summed E-state index contributed by atoms with van der Waals surface area (Å²) in [4.78, 5) is 24.4. The summed E-state index contributed by atoms with van der Waals surface area (Å²) >= 11 is 0. The smallest absolute Gasteiger partial charge is 0.408 e. The van der Waals surface area contributed by atoms with Gasteiger partial charge in [0.1, 0.15) is 11.6 Å². The Morgan fingerprint density at radius 2 is 1.78 bits per heavy atom. The monoisotopic (exact) mass is 320 g/mol. The lowest BCUT2D eigenvalue weighted by Crippen LogP contribution is -2.51. The fraction of sp³-hybridized carbons (Fsp3) is 0.556. The number of alkyl carbamates (subject to hydrolysis) is 1. The molecule has 1 unspecified atom stereocenters. The molecular weight excluding hydrogens is 292 g/mol. The summed E-state index contributed by atoms with van der Waals surface area (Å²) in [6.45, 7) is 9.73. The quantitative estimate of drug-likeness (QED) is 0.845. The second kappa shape index (κ2) is 8.56. The first-order valence-corrected chi connectivity index (χ1v) is 8.04. The van der Waals surface area contributed by atoms with Gasteiger partial charge in [0, 0.05) is 6.54 Å². The van der Waals surface area contributed by atoms with Gasteiger partial charge in [-0.1, -0.05) is 50.6 Å². The Kier molecular flexibility index (Phi) is 7.07. The van der Waals surface area contributed by atoms with Crippen molar-refractivity contribution in [1.29, 1.82) is 0 Å². The van der Waals surface area contributed by atoms with Crippen LogP contribution in [0.2, 0.25) is 0 Å². The Labute approximate surface area is 138 Å². The predicted octanol–water partition coefficient (Wildman–Crippen LogP) is 3.24. The molecule has 0 fully saturated rings. The average Bonchev–Trinajstić information content (AvgIpc) is 2.49. The van der Waals surface area contributed by atoms with Crippen LogP contribution in [0.3, 0.4) is 0 Å². The van der Waals surface area contributed by atoms with Gasteiger partial charge in [-0.25, -0.2) is 4.79 Å². The van der Waals surface area contributed by atoms with Crippen LogP contribution >= 0.6 is 0 Å². The summed E-state index contributed by atoms with van der Waals surface area (Å²) in [6.07, 6.45) is 0.205. The van der Waals surface area contributed by atoms with Gasteiger partial charge in [-0.3, -0.25) is 4.79 Å². The zero-order valence-corrected chi connectivity index (χ0v) is 14.7. The van der Waals surface area contributed by atoms with Crippen molar-refractivity contribution in [2.24, 2.45) is 5.92 Å². The van der Waals surface area contributed by atoms with E-state index in [1.165, 1.54) is 0 Å². The number of rotatable bonds is 6. The molecule has 2 atom stereocenters. The van der Waals surface area contributed by atoms with Gasteiger partial charge < -0.3 is 15.4 Å². The fourth-order valence-electron chi connectivity index (χ4n) is 2.03. The molecule has 0 saturated carbocycles. The maximum Gasteiger partial charge on any atom is 0.408 e. The normalized spacial score (nSPS) is 13.8. The van der Waals surface area contributed by atoms with Gasteiger partial charge in [0.25, 0.3) is 0 Å². The zero-order valence-electron chi connectivity index (χ0n) is 14.7. The van der Waals surface area contributed by atoms with Crippen molar-refractivity contribution < 1.29 is 14.3 Å². The Balaban J connectivity index is 2.65. The molecule has 0 aliphatic rings. The summed E-state index contributed by atoms with van der Waals surface area (Å²) in [7, 11) is 0.